The fraction of sp³-hybridized carbons (Fsp3) is 0.370. The van der Waals surface area contributed by atoms with Crippen LogP contribution in [0.2, 0.25) is 0 Å². The van der Waals surface area contributed by atoms with E-state index >= 15 is 4.39 Å². The number of ether oxygens (including phenoxy) is 1. The van der Waals surface area contributed by atoms with Crippen molar-refractivity contribution in [3.63, 3.8) is 0 Å². The topological polar surface area (TPSA) is 90.6 Å². The predicted octanol–water partition coefficient (Wildman–Crippen LogP) is 5.40. The molecule has 15 heteroatoms. The molecule has 2 aromatic heterocycles. The number of aromatic nitrogens is 2. The molecule has 0 saturated carbocycles. The first-order valence-corrected chi connectivity index (χ1v) is 12.5. The number of hydrogen-bond acceptors (Lipinski definition) is 6. The van der Waals surface area contributed by atoms with Crippen molar-refractivity contribution >= 4 is 17.3 Å². The van der Waals surface area contributed by atoms with Gasteiger partial charge in [0.1, 0.15) is 11.5 Å². The Labute approximate surface area is 235 Å². The Bertz CT molecular complexity index is 1540. The van der Waals surface area contributed by atoms with Gasteiger partial charge in [-0.2, -0.15) is 26.3 Å². The van der Waals surface area contributed by atoms with Crippen LogP contribution >= 0.6 is 0 Å². The number of likely N-dealkylation sites (N-methyl/N-ethyl adjacent to an activating group) is 1. The predicted molar refractivity (Wildman–Crippen MR) is 140 cm³/mol. The number of halogens is 7. The molecule has 4 rings (SSSR count). The second-order valence-electron chi connectivity index (χ2n) is 9.98. The van der Waals surface area contributed by atoms with Gasteiger partial charge in [0, 0.05) is 49.1 Å². The maximum atomic E-state index is 15.7. The number of rotatable bonds is 5. The van der Waals surface area contributed by atoms with Gasteiger partial charge in [0.15, 0.2) is 0 Å². The summed E-state index contributed by atoms with van der Waals surface area (Å²) in [7, 11) is 2.97. The SMILES string of the molecule is COc1cc(-c2cc(NC(=O)c3c[nH]c(=O)cc3C(F)(F)F)c(N3C[C@@H](C)N(C)[C@@H](C)C3)cc2F)cc(C(F)(F)F)n1. The zero-order chi connectivity index (χ0) is 31.1. The Balaban J connectivity index is 1.88. The van der Waals surface area contributed by atoms with Crippen LogP contribution in [0.5, 0.6) is 5.88 Å². The number of H-pyrrole nitrogens is 1. The Kier molecular flexibility index (Phi) is 8.27. The maximum Gasteiger partial charge on any atom is 0.433 e. The summed E-state index contributed by atoms with van der Waals surface area (Å²) in [6.07, 6.45) is -9.35. The number of methoxy groups -OCH3 is 1. The number of piperazine rings is 1. The molecule has 1 amide bonds. The van der Waals surface area contributed by atoms with Gasteiger partial charge in [-0.05, 0) is 44.7 Å². The molecular weight excluding hydrogens is 575 g/mol. The lowest BCUT2D eigenvalue weighted by Gasteiger charge is -2.44. The van der Waals surface area contributed by atoms with E-state index in [4.69, 9.17) is 4.74 Å². The maximum absolute atomic E-state index is 15.7. The molecule has 8 nitrogen and oxygen atoms in total. The number of aromatic amines is 1. The van der Waals surface area contributed by atoms with Crippen molar-refractivity contribution in [2.75, 3.05) is 37.5 Å². The minimum atomic E-state index is -5.05. The van der Waals surface area contributed by atoms with Crippen LogP contribution in [0, 0.1) is 5.82 Å². The highest BCUT2D eigenvalue weighted by Gasteiger charge is 2.37. The molecule has 1 fully saturated rings. The fourth-order valence-electron chi connectivity index (χ4n) is 4.74. The normalized spacial score (nSPS) is 18.2. The van der Waals surface area contributed by atoms with Gasteiger partial charge >= 0.3 is 12.4 Å². The molecule has 0 radical (unpaired) electrons. The third-order valence-electron chi connectivity index (χ3n) is 7.12. The van der Waals surface area contributed by atoms with Crippen LogP contribution in [0.4, 0.5) is 42.1 Å². The summed E-state index contributed by atoms with van der Waals surface area (Å²) in [5.74, 6) is -2.70. The molecule has 0 spiro atoms. The molecule has 226 valence electrons. The van der Waals surface area contributed by atoms with Gasteiger partial charge in [0.2, 0.25) is 11.4 Å². The minimum Gasteiger partial charge on any atom is -0.481 e. The molecule has 1 aromatic carbocycles. The number of hydrogen-bond donors (Lipinski definition) is 2. The molecule has 0 unspecified atom stereocenters. The highest BCUT2D eigenvalue weighted by atomic mass is 19.4. The number of benzene rings is 1. The van der Waals surface area contributed by atoms with Crippen LogP contribution in [0.3, 0.4) is 0 Å². The van der Waals surface area contributed by atoms with E-state index in [1.54, 1.807) is 4.90 Å². The number of alkyl halides is 6. The van der Waals surface area contributed by atoms with E-state index in [2.05, 4.69) is 15.2 Å². The number of anilines is 2. The van der Waals surface area contributed by atoms with Gasteiger partial charge in [-0.15, -0.1) is 0 Å². The number of nitrogens with zero attached hydrogens (tertiary/aromatic N) is 3. The lowest BCUT2D eigenvalue weighted by Crippen LogP contribution is -2.55. The Hall–Kier alpha value is -4.14. The van der Waals surface area contributed by atoms with Gasteiger partial charge in [-0.1, -0.05) is 0 Å². The molecule has 1 aliphatic heterocycles. The summed E-state index contributed by atoms with van der Waals surface area (Å²) in [5, 5.41) is 2.36. The average Bonchev–Trinajstić information content (AvgIpc) is 2.90. The third kappa shape index (κ3) is 6.35. The zero-order valence-electron chi connectivity index (χ0n) is 22.7. The number of amides is 1. The molecule has 0 aliphatic carbocycles. The fourth-order valence-corrected chi connectivity index (χ4v) is 4.74. The second kappa shape index (κ2) is 11.3. The van der Waals surface area contributed by atoms with Gasteiger partial charge < -0.3 is 19.9 Å². The highest BCUT2D eigenvalue weighted by molar-refractivity contribution is 6.07. The Morgan fingerprint density at radius 3 is 2.24 bits per heavy atom. The van der Waals surface area contributed by atoms with Crippen LogP contribution in [-0.4, -0.2) is 60.1 Å². The largest absolute Gasteiger partial charge is 0.481 e. The summed E-state index contributed by atoms with van der Waals surface area (Å²) in [4.78, 5) is 33.9. The monoisotopic (exact) mass is 601 g/mol. The first kappa shape index (κ1) is 30.8. The van der Waals surface area contributed by atoms with E-state index in [-0.39, 0.29) is 35.1 Å². The smallest absolute Gasteiger partial charge is 0.433 e. The van der Waals surface area contributed by atoms with E-state index in [0.717, 1.165) is 25.3 Å². The lowest BCUT2D eigenvalue weighted by molar-refractivity contribution is -0.141. The van der Waals surface area contributed by atoms with E-state index in [9.17, 15) is 35.9 Å². The molecule has 2 N–H and O–H groups in total. The van der Waals surface area contributed by atoms with Crippen molar-refractivity contribution in [1.82, 2.24) is 14.9 Å². The van der Waals surface area contributed by atoms with E-state index in [0.29, 0.717) is 25.4 Å². The van der Waals surface area contributed by atoms with E-state index < -0.39 is 57.9 Å². The standard InChI is InChI=1S/C27H26F7N5O3/c1-13-11-39(12-14(2)38(13)3)21-9-19(28)16(15-5-22(27(32,33)34)37-24(6-15)42-4)7-20(21)36-25(41)17-10-35-23(40)8-18(17)26(29,30)31/h5-10,13-14H,11-12H2,1-4H3,(H,35,40)(H,36,41)/t13-,14+. The molecule has 42 heavy (non-hydrogen) atoms. The average molecular weight is 602 g/mol. The van der Waals surface area contributed by atoms with Crippen LogP contribution in [0.15, 0.2) is 41.3 Å². The molecule has 3 heterocycles. The van der Waals surface area contributed by atoms with Crippen LogP contribution in [-0.2, 0) is 12.4 Å². The molecule has 3 aromatic rings. The molecule has 1 aliphatic rings. The lowest BCUT2D eigenvalue weighted by atomic mass is 10.0. The first-order chi connectivity index (χ1) is 19.5. The van der Waals surface area contributed by atoms with Crippen molar-refractivity contribution < 1.29 is 40.3 Å². The molecule has 0 bridgehead atoms. The minimum absolute atomic E-state index is 0.0464. The van der Waals surface area contributed by atoms with Crippen molar-refractivity contribution in [3.05, 3.63) is 69.5 Å². The van der Waals surface area contributed by atoms with Gasteiger partial charge in [-0.3, -0.25) is 14.5 Å². The number of pyridine rings is 2. The summed E-state index contributed by atoms with van der Waals surface area (Å²) in [6.45, 7) is 4.50. The summed E-state index contributed by atoms with van der Waals surface area (Å²) < 4.78 is 102. The number of carbonyl (C=O) groups excluding carboxylic acids is 1. The van der Waals surface area contributed by atoms with Crippen LogP contribution < -0.4 is 20.5 Å². The van der Waals surface area contributed by atoms with E-state index in [1.165, 1.54) is 0 Å². The molecular formula is C27H26F7N5O3. The van der Waals surface area contributed by atoms with Gasteiger partial charge in [0.05, 0.1) is 29.6 Å². The number of nitrogens with one attached hydrogen (secondary N) is 2. The third-order valence-corrected chi connectivity index (χ3v) is 7.12. The quantitative estimate of drug-likeness (QED) is 0.381. The van der Waals surface area contributed by atoms with Gasteiger partial charge in [-0.25, -0.2) is 9.37 Å². The second-order valence-corrected chi connectivity index (χ2v) is 9.98. The van der Waals surface area contributed by atoms with Crippen LogP contribution in [0.25, 0.3) is 11.1 Å². The number of carbonyl (C=O) groups is 1. The zero-order valence-corrected chi connectivity index (χ0v) is 22.7. The first-order valence-electron chi connectivity index (χ1n) is 12.5. The summed E-state index contributed by atoms with van der Waals surface area (Å²) in [5.41, 5.74) is -5.61. The molecule has 1 saturated heterocycles. The van der Waals surface area contributed by atoms with Crippen molar-refractivity contribution in [3.8, 4) is 17.0 Å². The van der Waals surface area contributed by atoms with Crippen molar-refractivity contribution in [2.45, 2.75) is 38.3 Å². The highest BCUT2D eigenvalue weighted by Crippen LogP contribution is 2.39. The van der Waals surface area contributed by atoms with Gasteiger partial charge in [0.25, 0.3) is 5.91 Å². The Morgan fingerprint density at radius 1 is 1.02 bits per heavy atom. The summed E-state index contributed by atoms with van der Waals surface area (Å²) >= 11 is 0. The van der Waals surface area contributed by atoms with Crippen molar-refractivity contribution in [1.29, 1.82) is 0 Å². The molecule has 2 atom stereocenters. The Morgan fingerprint density at radius 2 is 1.67 bits per heavy atom. The van der Waals surface area contributed by atoms with Crippen LogP contribution in [0.1, 0.15) is 35.5 Å². The van der Waals surface area contributed by atoms with E-state index in [1.807, 2.05) is 25.9 Å². The van der Waals surface area contributed by atoms with Crippen molar-refractivity contribution in [2.24, 2.45) is 0 Å². The summed E-state index contributed by atoms with van der Waals surface area (Å²) in [6, 6.07) is 3.85.